The fourth-order valence-corrected chi connectivity index (χ4v) is 2.33. The highest BCUT2D eigenvalue weighted by atomic mass is 16.5. The number of benzene rings is 2. The molecule has 1 atom stereocenters. The minimum Gasteiger partial charge on any atom is -0.491 e. The lowest BCUT2D eigenvalue weighted by atomic mass is 10.0. The molecule has 2 aromatic rings. The van der Waals surface area contributed by atoms with E-state index in [-0.39, 0.29) is 13.2 Å². The lowest BCUT2D eigenvalue weighted by Gasteiger charge is -2.16. The van der Waals surface area contributed by atoms with Crippen LogP contribution in [-0.2, 0) is 14.3 Å². The Balaban J connectivity index is 1.78. The number of carbonyl (C=O) groups excluding carboxylic acids is 1. The van der Waals surface area contributed by atoms with Crippen molar-refractivity contribution >= 4 is 11.9 Å². The van der Waals surface area contributed by atoms with Gasteiger partial charge in [-0.25, -0.2) is 4.79 Å². The Hall–Kier alpha value is -2.86. The average Bonchev–Trinajstić information content (AvgIpc) is 2.62. The average molecular weight is 357 g/mol. The van der Waals surface area contributed by atoms with Gasteiger partial charge in [-0.15, -0.1) is 0 Å². The van der Waals surface area contributed by atoms with Crippen LogP contribution in [0.15, 0.2) is 48.5 Å². The molecular formula is C20H23NO5. The van der Waals surface area contributed by atoms with Gasteiger partial charge in [-0.05, 0) is 42.7 Å². The van der Waals surface area contributed by atoms with E-state index in [1.807, 2.05) is 50.2 Å². The first-order valence-corrected chi connectivity index (χ1v) is 8.32. The predicted octanol–water partition coefficient (Wildman–Crippen LogP) is 2.64. The molecule has 6 heteroatoms. The van der Waals surface area contributed by atoms with Crippen LogP contribution in [0.1, 0.15) is 22.7 Å². The lowest BCUT2D eigenvalue weighted by Crippen LogP contribution is -2.36. The largest absolute Gasteiger partial charge is 0.491 e. The number of carboxylic acids is 1. The summed E-state index contributed by atoms with van der Waals surface area (Å²) in [6.45, 7) is 4.14. The monoisotopic (exact) mass is 357 g/mol. The summed E-state index contributed by atoms with van der Waals surface area (Å²) in [5.41, 5.74) is 2.56. The first-order chi connectivity index (χ1) is 12.5. The maximum absolute atomic E-state index is 12.0. The van der Waals surface area contributed by atoms with Gasteiger partial charge in [0.2, 0.25) is 5.91 Å². The Morgan fingerprint density at radius 2 is 1.77 bits per heavy atom. The maximum atomic E-state index is 12.0. The fourth-order valence-electron chi connectivity index (χ4n) is 2.33. The Bertz CT molecular complexity index is 745. The summed E-state index contributed by atoms with van der Waals surface area (Å²) in [5, 5.41) is 11.9. The molecule has 0 aromatic heterocycles. The number of nitrogens with one attached hydrogen (secondary N) is 1. The van der Waals surface area contributed by atoms with Gasteiger partial charge in [0.1, 0.15) is 19.0 Å². The van der Waals surface area contributed by atoms with E-state index in [1.165, 1.54) is 0 Å². The van der Waals surface area contributed by atoms with Crippen LogP contribution in [0.3, 0.4) is 0 Å². The minimum atomic E-state index is -1.12. The van der Waals surface area contributed by atoms with Crippen LogP contribution in [0, 0.1) is 13.8 Å². The van der Waals surface area contributed by atoms with Gasteiger partial charge in [0.15, 0.2) is 6.04 Å². The van der Waals surface area contributed by atoms with E-state index < -0.39 is 17.9 Å². The molecule has 0 aliphatic heterocycles. The van der Waals surface area contributed by atoms with Crippen LogP contribution < -0.4 is 10.1 Å². The van der Waals surface area contributed by atoms with Gasteiger partial charge in [-0.2, -0.15) is 0 Å². The molecule has 26 heavy (non-hydrogen) atoms. The molecule has 0 aliphatic rings. The number of aliphatic carboxylic acids is 1. The van der Waals surface area contributed by atoms with Crippen molar-refractivity contribution in [1.82, 2.24) is 5.32 Å². The number of hydrogen-bond donors (Lipinski definition) is 2. The molecule has 0 spiro atoms. The van der Waals surface area contributed by atoms with E-state index in [0.29, 0.717) is 12.2 Å². The predicted molar refractivity (Wildman–Crippen MR) is 97.2 cm³/mol. The number of aryl methyl sites for hydroxylation is 2. The molecule has 0 saturated carbocycles. The number of ether oxygens (including phenoxy) is 2. The van der Waals surface area contributed by atoms with Gasteiger partial charge in [0.25, 0.3) is 0 Å². The smallest absolute Gasteiger partial charge is 0.330 e. The molecule has 6 nitrogen and oxygen atoms in total. The van der Waals surface area contributed by atoms with Crippen molar-refractivity contribution in [3.05, 3.63) is 65.2 Å². The summed E-state index contributed by atoms with van der Waals surface area (Å²) in [4.78, 5) is 23.5. The molecule has 2 N–H and O–H groups in total. The molecular weight excluding hydrogens is 334 g/mol. The van der Waals surface area contributed by atoms with Crippen LogP contribution in [0.4, 0.5) is 0 Å². The topological polar surface area (TPSA) is 84.9 Å². The molecule has 2 rings (SSSR count). The second kappa shape index (κ2) is 9.58. The van der Waals surface area contributed by atoms with Gasteiger partial charge in [-0.1, -0.05) is 36.4 Å². The third-order valence-electron chi connectivity index (χ3n) is 3.89. The molecule has 0 fully saturated rings. The number of carboxylic acid groups (broad SMARTS) is 1. The van der Waals surface area contributed by atoms with E-state index in [1.54, 1.807) is 12.1 Å². The van der Waals surface area contributed by atoms with Crippen molar-refractivity contribution < 1.29 is 24.2 Å². The van der Waals surface area contributed by atoms with Crippen molar-refractivity contribution in [1.29, 1.82) is 0 Å². The Kier molecular flexibility index (Phi) is 7.17. The van der Waals surface area contributed by atoms with E-state index in [2.05, 4.69) is 5.32 Å². The first-order valence-electron chi connectivity index (χ1n) is 8.32. The van der Waals surface area contributed by atoms with Gasteiger partial charge in [0, 0.05) is 0 Å². The first kappa shape index (κ1) is 19.5. The third-order valence-corrected chi connectivity index (χ3v) is 3.89. The Morgan fingerprint density at radius 1 is 1.04 bits per heavy atom. The van der Waals surface area contributed by atoms with Crippen LogP contribution in [0.2, 0.25) is 0 Å². The van der Waals surface area contributed by atoms with Crippen LogP contribution in [-0.4, -0.2) is 36.8 Å². The molecule has 0 bridgehead atoms. The highest BCUT2D eigenvalue weighted by molar-refractivity contribution is 5.85. The quantitative estimate of drug-likeness (QED) is 0.674. The van der Waals surface area contributed by atoms with Crippen LogP contribution >= 0.6 is 0 Å². The second-order valence-electron chi connectivity index (χ2n) is 5.90. The maximum Gasteiger partial charge on any atom is 0.330 e. The molecule has 0 saturated heterocycles. The SMILES string of the molecule is Cc1ccc(C(NC(=O)COCCOc2ccccc2)C(=O)O)cc1C. The molecule has 0 heterocycles. The van der Waals surface area contributed by atoms with Crippen molar-refractivity contribution in [2.24, 2.45) is 0 Å². The number of hydrogen-bond acceptors (Lipinski definition) is 4. The molecule has 1 amide bonds. The highest BCUT2D eigenvalue weighted by Gasteiger charge is 2.22. The van der Waals surface area contributed by atoms with Crippen molar-refractivity contribution in [3.8, 4) is 5.75 Å². The molecule has 0 radical (unpaired) electrons. The number of para-hydroxylation sites is 1. The zero-order valence-corrected chi connectivity index (χ0v) is 14.9. The van der Waals surface area contributed by atoms with E-state index in [4.69, 9.17) is 9.47 Å². The molecule has 1 unspecified atom stereocenters. The Labute approximate surface area is 152 Å². The highest BCUT2D eigenvalue weighted by Crippen LogP contribution is 2.17. The number of carbonyl (C=O) groups is 2. The molecule has 0 aliphatic carbocycles. The lowest BCUT2D eigenvalue weighted by molar-refractivity contribution is -0.142. The van der Waals surface area contributed by atoms with Gasteiger partial charge in [-0.3, -0.25) is 4.79 Å². The number of rotatable bonds is 9. The number of amides is 1. The Morgan fingerprint density at radius 3 is 2.42 bits per heavy atom. The van der Waals surface area contributed by atoms with Crippen LogP contribution in [0.25, 0.3) is 0 Å². The second-order valence-corrected chi connectivity index (χ2v) is 5.90. The summed E-state index contributed by atoms with van der Waals surface area (Å²) >= 11 is 0. The minimum absolute atomic E-state index is 0.226. The third kappa shape index (κ3) is 5.89. The summed E-state index contributed by atoms with van der Waals surface area (Å²) < 4.78 is 10.7. The van der Waals surface area contributed by atoms with E-state index >= 15 is 0 Å². The van der Waals surface area contributed by atoms with Gasteiger partial charge in [0.05, 0.1) is 6.61 Å². The van der Waals surface area contributed by atoms with Gasteiger partial charge >= 0.3 is 5.97 Å². The van der Waals surface area contributed by atoms with Crippen molar-refractivity contribution in [2.45, 2.75) is 19.9 Å². The summed E-state index contributed by atoms with van der Waals surface area (Å²) in [7, 11) is 0. The van der Waals surface area contributed by atoms with Crippen LogP contribution in [0.5, 0.6) is 5.75 Å². The normalized spacial score (nSPS) is 11.6. The zero-order valence-electron chi connectivity index (χ0n) is 14.9. The standard InChI is InChI=1S/C20H23NO5/c1-14-8-9-16(12-15(14)2)19(20(23)24)21-18(22)13-25-10-11-26-17-6-4-3-5-7-17/h3-9,12,19H,10-11,13H2,1-2H3,(H,21,22)(H,23,24). The zero-order chi connectivity index (χ0) is 18.9. The van der Waals surface area contributed by atoms with Crippen molar-refractivity contribution in [2.75, 3.05) is 19.8 Å². The summed E-state index contributed by atoms with van der Waals surface area (Å²) in [5.74, 6) is -0.884. The van der Waals surface area contributed by atoms with E-state index in [0.717, 1.165) is 16.9 Å². The fraction of sp³-hybridized carbons (Fsp3) is 0.300. The van der Waals surface area contributed by atoms with E-state index in [9.17, 15) is 14.7 Å². The molecule has 2 aromatic carbocycles. The summed E-state index contributed by atoms with van der Waals surface area (Å²) in [6.07, 6.45) is 0. The van der Waals surface area contributed by atoms with Gasteiger partial charge < -0.3 is 19.9 Å². The summed E-state index contributed by atoms with van der Waals surface area (Å²) in [6, 6.07) is 13.5. The molecule has 138 valence electrons. The van der Waals surface area contributed by atoms with Crippen molar-refractivity contribution in [3.63, 3.8) is 0 Å².